The molecule has 0 bridgehead atoms. The molecule has 0 heterocycles. The summed E-state index contributed by atoms with van der Waals surface area (Å²) in [4.78, 5) is 14.4. The molecule has 0 N–H and O–H groups in total. The Hall–Kier alpha value is -2.55. The lowest BCUT2D eigenvalue weighted by atomic mass is 10.1. The number of carbonyl (C=O) groups is 1. The lowest BCUT2D eigenvalue weighted by molar-refractivity contribution is 0.115. The molecule has 24 heavy (non-hydrogen) atoms. The third-order valence-corrected chi connectivity index (χ3v) is 3.68. The van der Waals surface area contributed by atoms with Crippen LogP contribution in [0.4, 0.5) is 4.79 Å². The van der Waals surface area contributed by atoms with Crippen molar-refractivity contribution < 1.29 is 9.53 Å². The molecule has 0 aliphatic rings. The monoisotopic (exact) mass is 323 g/mol. The molecule has 0 aromatic heterocycles. The predicted molar refractivity (Wildman–Crippen MR) is 99.3 cm³/mol. The summed E-state index contributed by atoms with van der Waals surface area (Å²) in [5, 5.41) is 0. The summed E-state index contributed by atoms with van der Waals surface area (Å²) in [6, 6.07) is 19.7. The van der Waals surface area contributed by atoms with Crippen molar-refractivity contribution in [2.45, 2.75) is 39.8 Å². The van der Waals surface area contributed by atoms with Crippen molar-refractivity contribution in [2.75, 3.05) is 0 Å². The predicted octanol–water partition coefficient (Wildman–Crippen LogP) is 5.44. The first-order chi connectivity index (χ1) is 11.5. The van der Waals surface area contributed by atoms with Crippen LogP contribution in [0.25, 0.3) is 11.8 Å². The molecule has 0 saturated carbocycles. The van der Waals surface area contributed by atoms with Gasteiger partial charge < -0.3 is 9.64 Å². The fourth-order valence-electron chi connectivity index (χ4n) is 2.64. The molecular formula is C21H25NO2. The first-order valence-corrected chi connectivity index (χ1v) is 8.31. The average molecular weight is 323 g/mol. The van der Waals surface area contributed by atoms with Crippen LogP contribution in [0.1, 0.15) is 38.8 Å². The topological polar surface area (TPSA) is 29.5 Å². The summed E-state index contributed by atoms with van der Waals surface area (Å²) >= 11 is 0. The molecular weight excluding hydrogens is 298 g/mol. The second kappa shape index (κ2) is 8.34. The van der Waals surface area contributed by atoms with Gasteiger partial charge in [-0.1, -0.05) is 60.7 Å². The van der Waals surface area contributed by atoms with Crippen LogP contribution in [-0.2, 0) is 4.74 Å². The molecule has 0 radical (unpaired) electrons. The van der Waals surface area contributed by atoms with Gasteiger partial charge in [-0.3, -0.25) is 0 Å². The maximum Gasteiger partial charge on any atom is 0.415 e. The Labute approximate surface area is 144 Å². The van der Waals surface area contributed by atoms with Crippen molar-refractivity contribution in [3.8, 4) is 0 Å². The van der Waals surface area contributed by atoms with Gasteiger partial charge in [-0.25, -0.2) is 4.79 Å². The molecule has 0 fully saturated rings. The van der Waals surface area contributed by atoms with Gasteiger partial charge in [-0.05, 0) is 39.3 Å². The third-order valence-electron chi connectivity index (χ3n) is 3.68. The second-order valence-electron chi connectivity index (χ2n) is 6.25. The van der Waals surface area contributed by atoms with E-state index in [-0.39, 0.29) is 18.2 Å². The number of hydrogen-bond donors (Lipinski definition) is 0. The lowest BCUT2D eigenvalue weighted by Crippen LogP contribution is -2.42. The van der Waals surface area contributed by atoms with Crippen LogP contribution in [0.2, 0.25) is 0 Å². The number of carbonyl (C=O) groups excluding carboxylic acids is 1. The molecule has 1 amide bonds. The molecule has 2 aromatic rings. The highest BCUT2D eigenvalue weighted by atomic mass is 16.6. The zero-order valence-corrected chi connectivity index (χ0v) is 14.8. The summed E-state index contributed by atoms with van der Waals surface area (Å²) in [7, 11) is 0. The van der Waals surface area contributed by atoms with Crippen molar-refractivity contribution >= 4 is 17.9 Å². The van der Waals surface area contributed by atoms with Crippen LogP contribution in [0.15, 0.2) is 60.7 Å². The first-order valence-electron chi connectivity index (χ1n) is 8.31. The van der Waals surface area contributed by atoms with E-state index in [9.17, 15) is 4.79 Å². The zero-order chi connectivity index (χ0) is 17.5. The molecule has 2 aromatic carbocycles. The average Bonchev–Trinajstić information content (AvgIpc) is 2.55. The Morgan fingerprint density at radius 3 is 1.88 bits per heavy atom. The van der Waals surface area contributed by atoms with Crippen LogP contribution in [-0.4, -0.2) is 23.1 Å². The van der Waals surface area contributed by atoms with Gasteiger partial charge in [0.2, 0.25) is 0 Å². The van der Waals surface area contributed by atoms with Gasteiger partial charge in [0.1, 0.15) is 5.76 Å². The SMILES string of the molecule is CC(C)N(C(=O)O/C(=C/c1ccccc1)c1ccccc1)C(C)C. The Morgan fingerprint density at radius 1 is 0.875 bits per heavy atom. The largest absolute Gasteiger partial charge is 0.415 e. The van der Waals surface area contributed by atoms with Gasteiger partial charge in [-0.2, -0.15) is 0 Å². The molecule has 0 atom stereocenters. The standard InChI is InChI=1S/C21H25NO2/c1-16(2)22(17(3)4)21(23)24-20(19-13-9-6-10-14-19)15-18-11-7-5-8-12-18/h5-17H,1-4H3/b20-15+. The molecule has 3 nitrogen and oxygen atoms in total. The summed E-state index contributed by atoms with van der Waals surface area (Å²) in [5.41, 5.74) is 1.87. The lowest BCUT2D eigenvalue weighted by Gasteiger charge is -2.30. The van der Waals surface area contributed by atoms with Crippen molar-refractivity contribution in [3.63, 3.8) is 0 Å². The van der Waals surface area contributed by atoms with Gasteiger partial charge in [0.25, 0.3) is 0 Å². The summed E-state index contributed by atoms with van der Waals surface area (Å²) < 4.78 is 5.77. The van der Waals surface area contributed by atoms with Crippen molar-refractivity contribution in [2.24, 2.45) is 0 Å². The minimum atomic E-state index is -0.328. The van der Waals surface area contributed by atoms with E-state index in [2.05, 4.69) is 0 Å². The molecule has 126 valence electrons. The van der Waals surface area contributed by atoms with E-state index in [0.29, 0.717) is 5.76 Å². The van der Waals surface area contributed by atoms with Crippen molar-refractivity contribution in [1.29, 1.82) is 0 Å². The van der Waals surface area contributed by atoms with Crippen LogP contribution in [0, 0.1) is 0 Å². The number of nitrogens with zero attached hydrogens (tertiary/aromatic N) is 1. The zero-order valence-electron chi connectivity index (χ0n) is 14.8. The number of hydrogen-bond acceptors (Lipinski definition) is 2. The normalized spacial score (nSPS) is 11.7. The molecule has 0 spiro atoms. The molecule has 0 saturated heterocycles. The summed E-state index contributed by atoms with van der Waals surface area (Å²) in [5.74, 6) is 0.554. The summed E-state index contributed by atoms with van der Waals surface area (Å²) in [6.07, 6.45) is 1.57. The van der Waals surface area contributed by atoms with E-state index >= 15 is 0 Å². The van der Waals surface area contributed by atoms with Crippen LogP contribution in [0.3, 0.4) is 0 Å². The maximum atomic E-state index is 12.7. The maximum absolute atomic E-state index is 12.7. The highest BCUT2D eigenvalue weighted by Crippen LogP contribution is 2.22. The fraction of sp³-hybridized carbons (Fsp3) is 0.286. The molecule has 0 aliphatic carbocycles. The summed E-state index contributed by atoms with van der Waals surface area (Å²) in [6.45, 7) is 7.96. The van der Waals surface area contributed by atoms with Crippen molar-refractivity contribution in [3.05, 3.63) is 71.8 Å². The number of benzene rings is 2. The van der Waals surface area contributed by atoms with E-state index in [4.69, 9.17) is 4.74 Å². The van der Waals surface area contributed by atoms with Gasteiger partial charge in [0.15, 0.2) is 0 Å². The van der Waals surface area contributed by atoms with E-state index in [1.807, 2.05) is 94.4 Å². The van der Waals surface area contributed by atoms with Gasteiger partial charge >= 0.3 is 6.09 Å². The number of amides is 1. The Morgan fingerprint density at radius 2 is 1.38 bits per heavy atom. The van der Waals surface area contributed by atoms with Crippen LogP contribution < -0.4 is 0 Å². The Balaban J connectivity index is 2.34. The smallest absolute Gasteiger partial charge is 0.410 e. The molecule has 0 unspecified atom stereocenters. The minimum absolute atomic E-state index is 0.0752. The van der Waals surface area contributed by atoms with Crippen LogP contribution in [0.5, 0.6) is 0 Å². The highest BCUT2D eigenvalue weighted by molar-refractivity contribution is 5.84. The van der Waals surface area contributed by atoms with Gasteiger partial charge in [0, 0.05) is 17.6 Å². The van der Waals surface area contributed by atoms with Gasteiger partial charge in [-0.15, -0.1) is 0 Å². The second-order valence-corrected chi connectivity index (χ2v) is 6.25. The Kier molecular flexibility index (Phi) is 6.19. The number of rotatable bonds is 5. The molecule has 2 rings (SSSR count). The van der Waals surface area contributed by atoms with Gasteiger partial charge in [0.05, 0.1) is 0 Å². The fourth-order valence-corrected chi connectivity index (χ4v) is 2.64. The van der Waals surface area contributed by atoms with E-state index < -0.39 is 0 Å². The minimum Gasteiger partial charge on any atom is -0.410 e. The van der Waals surface area contributed by atoms with E-state index in [1.165, 1.54) is 0 Å². The number of ether oxygens (including phenoxy) is 1. The van der Waals surface area contributed by atoms with Crippen molar-refractivity contribution in [1.82, 2.24) is 4.90 Å². The highest BCUT2D eigenvalue weighted by Gasteiger charge is 2.23. The third kappa shape index (κ3) is 4.72. The Bertz CT molecular complexity index is 667. The molecule has 0 aliphatic heterocycles. The molecule has 3 heteroatoms. The van der Waals surface area contributed by atoms with E-state index in [0.717, 1.165) is 11.1 Å². The van der Waals surface area contributed by atoms with Crippen LogP contribution >= 0.6 is 0 Å². The van der Waals surface area contributed by atoms with E-state index in [1.54, 1.807) is 4.90 Å². The quantitative estimate of drug-likeness (QED) is 0.541. The first kappa shape index (κ1) is 17.8.